The second-order valence-corrected chi connectivity index (χ2v) is 3.94. The van der Waals surface area contributed by atoms with Crippen molar-refractivity contribution in [2.24, 2.45) is 0 Å². The van der Waals surface area contributed by atoms with E-state index in [-0.39, 0.29) is 12.2 Å². The Kier molecular flexibility index (Phi) is 4.70. The van der Waals surface area contributed by atoms with E-state index in [0.717, 1.165) is 25.7 Å². The van der Waals surface area contributed by atoms with Gasteiger partial charge in [-0.05, 0) is 39.0 Å². The van der Waals surface area contributed by atoms with Crippen LogP contribution in [-0.2, 0) is 4.74 Å². The van der Waals surface area contributed by atoms with Crippen molar-refractivity contribution in [3.05, 3.63) is 0 Å². The number of hydrogen-bond donors (Lipinski definition) is 2. The molecule has 1 aliphatic carbocycles. The lowest BCUT2D eigenvalue weighted by molar-refractivity contribution is -0.0133. The molecule has 0 saturated heterocycles. The highest BCUT2D eigenvalue weighted by Crippen LogP contribution is 2.21. The van der Waals surface area contributed by atoms with E-state index >= 15 is 0 Å². The maximum Gasteiger partial charge on any atom is 0.0577 e. The molecule has 0 aromatic rings. The molecule has 0 heterocycles. The molecule has 1 unspecified atom stereocenters. The van der Waals surface area contributed by atoms with Crippen molar-refractivity contribution in [3.63, 3.8) is 0 Å². The van der Waals surface area contributed by atoms with E-state index in [1.807, 2.05) is 0 Å². The van der Waals surface area contributed by atoms with Gasteiger partial charge in [0, 0.05) is 6.61 Å². The summed E-state index contributed by atoms with van der Waals surface area (Å²) in [7, 11) is 0. The van der Waals surface area contributed by atoms with E-state index in [2.05, 4.69) is 0 Å². The van der Waals surface area contributed by atoms with Crippen molar-refractivity contribution < 1.29 is 14.9 Å². The van der Waals surface area contributed by atoms with Gasteiger partial charge in [0.15, 0.2) is 0 Å². The summed E-state index contributed by atoms with van der Waals surface area (Å²) in [5.41, 5.74) is 0. The molecule has 13 heavy (non-hydrogen) atoms. The first-order valence-electron chi connectivity index (χ1n) is 5.16. The third kappa shape index (κ3) is 4.60. The SMILES string of the molecule is CC(O)CCOC1CCC(O)CC1. The van der Waals surface area contributed by atoms with Gasteiger partial charge in [-0.15, -0.1) is 0 Å². The maximum absolute atomic E-state index is 9.25. The van der Waals surface area contributed by atoms with Gasteiger partial charge in [-0.3, -0.25) is 0 Å². The molecule has 0 aliphatic heterocycles. The molecule has 0 radical (unpaired) electrons. The van der Waals surface area contributed by atoms with Crippen LogP contribution in [0.3, 0.4) is 0 Å². The molecule has 0 spiro atoms. The molecule has 78 valence electrons. The molecule has 2 N–H and O–H groups in total. The zero-order valence-corrected chi connectivity index (χ0v) is 8.28. The number of aliphatic hydroxyl groups excluding tert-OH is 2. The molecule has 0 bridgehead atoms. The van der Waals surface area contributed by atoms with Gasteiger partial charge < -0.3 is 14.9 Å². The van der Waals surface area contributed by atoms with Gasteiger partial charge in [-0.2, -0.15) is 0 Å². The molecule has 0 aromatic heterocycles. The van der Waals surface area contributed by atoms with Crippen molar-refractivity contribution in [3.8, 4) is 0 Å². The fraction of sp³-hybridized carbons (Fsp3) is 1.00. The van der Waals surface area contributed by atoms with Crippen molar-refractivity contribution in [2.45, 2.75) is 57.3 Å². The second kappa shape index (κ2) is 5.58. The molecule has 1 saturated carbocycles. The Bertz CT molecular complexity index is 128. The van der Waals surface area contributed by atoms with E-state index in [4.69, 9.17) is 9.84 Å². The van der Waals surface area contributed by atoms with Crippen LogP contribution in [-0.4, -0.2) is 35.1 Å². The minimum Gasteiger partial charge on any atom is -0.393 e. The van der Waals surface area contributed by atoms with Crippen LogP contribution in [0, 0.1) is 0 Å². The Hall–Kier alpha value is -0.120. The molecular weight excluding hydrogens is 168 g/mol. The van der Waals surface area contributed by atoms with Crippen LogP contribution in [0.4, 0.5) is 0 Å². The van der Waals surface area contributed by atoms with Crippen molar-refractivity contribution >= 4 is 0 Å². The average molecular weight is 188 g/mol. The van der Waals surface area contributed by atoms with Crippen LogP contribution >= 0.6 is 0 Å². The molecule has 0 aromatic carbocycles. The van der Waals surface area contributed by atoms with Crippen LogP contribution in [0.2, 0.25) is 0 Å². The first-order chi connectivity index (χ1) is 6.18. The first kappa shape index (κ1) is 11.0. The van der Waals surface area contributed by atoms with Gasteiger partial charge in [0.25, 0.3) is 0 Å². The topological polar surface area (TPSA) is 49.7 Å². The zero-order chi connectivity index (χ0) is 9.68. The third-order valence-electron chi connectivity index (χ3n) is 2.53. The van der Waals surface area contributed by atoms with E-state index in [1.54, 1.807) is 6.92 Å². The smallest absolute Gasteiger partial charge is 0.0577 e. The summed E-state index contributed by atoms with van der Waals surface area (Å²) in [6.07, 6.45) is 4.27. The predicted molar refractivity (Wildman–Crippen MR) is 50.5 cm³/mol. The minimum atomic E-state index is -0.269. The molecule has 3 heteroatoms. The Morgan fingerprint density at radius 2 is 1.92 bits per heavy atom. The summed E-state index contributed by atoms with van der Waals surface area (Å²) >= 11 is 0. The van der Waals surface area contributed by atoms with Gasteiger partial charge in [0.05, 0.1) is 18.3 Å². The Morgan fingerprint density at radius 1 is 1.31 bits per heavy atom. The molecule has 1 fully saturated rings. The van der Waals surface area contributed by atoms with E-state index in [0.29, 0.717) is 19.1 Å². The van der Waals surface area contributed by atoms with Gasteiger partial charge in [0.2, 0.25) is 0 Å². The summed E-state index contributed by atoms with van der Waals surface area (Å²) < 4.78 is 5.57. The van der Waals surface area contributed by atoms with Gasteiger partial charge >= 0.3 is 0 Å². The highest BCUT2D eigenvalue weighted by molar-refractivity contribution is 4.71. The Labute approximate surface area is 79.7 Å². The van der Waals surface area contributed by atoms with Gasteiger partial charge in [0.1, 0.15) is 0 Å². The van der Waals surface area contributed by atoms with Crippen molar-refractivity contribution in [2.75, 3.05) is 6.61 Å². The Morgan fingerprint density at radius 3 is 2.46 bits per heavy atom. The largest absolute Gasteiger partial charge is 0.393 e. The number of hydrogen-bond acceptors (Lipinski definition) is 3. The standard InChI is InChI=1S/C10H20O3/c1-8(11)6-7-13-10-4-2-9(12)3-5-10/h8-12H,2-7H2,1H3. The second-order valence-electron chi connectivity index (χ2n) is 3.94. The molecule has 1 aliphatic rings. The van der Waals surface area contributed by atoms with Gasteiger partial charge in [-0.25, -0.2) is 0 Å². The van der Waals surface area contributed by atoms with E-state index in [1.165, 1.54) is 0 Å². The predicted octanol–water partition coefficient (Wildman–Crippen LogP) is 1.08. The summed E-state index contributed by atoms with van der Waals surface area (Å²) in [5.74, 6) is 0. The maximum atomic E-state index is 9.25. The van der Waals surface area contributed by atoms with E-state index < -0.39 is 0 Å². The zero-order valence-electron chi connectivity index (χ0n) is 8.28. The lowest BCUT2D eigenvalue weighted by atomic mass is 9.95. The highest BCUT2D eigenvalue weighted by atomic mass is 16.5. The first-order valence-corrected chi connectivity index (χ1v) is 5.16. The molecular formula is C10H20O3. The molecule has 0 amide bonds. The third-order valence-corrected chi connectivity index (χ3v) is 2.53. The number of rotatable bonds is 4. The Balaban J connectivity index is 2.02. The molecule has 1 atom stereocenters. The summed E-state index contributed by atoms with van der Waals surface area (Å²) in [4.78, 5) is 0. The number of aliphatic hydroxyl groups is 2. The van der Waals surface area contributed by atoms with Crippen LogP contribution in [0.15, 0.2) is 0 Å². The van der Waals surface area contributed by atoms with Crippen LogP contribution < -0.4 is 0 Å². The highest BCUT2D eigenvalue weighted by Gasteiger charge is 2.19. The normalized spacial score (nSPS) is 31.6. The summed E-state index contributed by atoms with van der Waals surface area (Å²) in [6, 6.07) is 0. The van der Waals surface area contributed by atoms with Crippen molar-refractivity contribution in [1.82, 2.24) is 0 Å². The minimum absolute atomic E-state index is 0.114. The molecule has 1 rings (SSSR count). The van der Waals surface area contributed by atoms with Crippen LogP contribution in [0.25, 0.3) is 0 Å². The van der Waals surface area contributed by atoms with Gasteiger partial charge in [-0.1, -0.05) is 0 Å². The lowest BCUT2D eigenvalue weighted by Crippen LogP contribution is -2.25. The fourth-order valence-corrected chi connectivity index (χ4v) is 1.62. The lowest BCUT2D eigenvalue weighted by Gasteiger charge is -2.25. The van der Waals surface area contributed by atoms with E-state index in [9.17, 15) is 5.11 Å². The average Bonchev–Trinajstić information content (AvgIpc) is 2.08. The van der Waals surface area contributed by atoms with Crippen molar-refractivity contribution in [1.29, 1.82) is 0 Å². The molecule has 3 nitrogen and oxygen atoms in total. The van der Waals surface area contributed by atoms with Crippen LogP contribution in [0.5, 0.6) is 0 Å². The fourth-order valence-electron chi connectivity index (χ4n) is 1.62. The quantitative estimate of drug-likeness (QED) is 0.694. The summed E-state index contributed by atoms with van der Waals surface area (Å²) in [6.45, 7) is 2.41. The number of ether oxygens (including phenoxy) is 1. The summed E-state index contributed by atoms with van der Waals surface area (Å²) in [5, 5.41) is 18.2. The van der Waals surface area contributed by atoms with Crippen LogP contribution in [0.1, 0.15) is 39.0 Å². The monoisotopic (exact) mass is 188 g/mol.